The Morgan fingerprint density at radius 3 is 2.32 bits per heavy atom. The van der Waals surface area contributed by atoms with E-state index in [1.165, 1.54) is 12.7 Å². The molecular weight excluding hydrogens is 374 g/mol. The molecule has 150 valence electrons. The number of rotatable bonds is 7. The zero-order chi connectivity index (χ0) is 19.2. The van der Waals surface area contributed by atoms with Gasteiger partial charge in [-0.25, -0.2) is 0 Å². The summed E-state index contributed by atoms with van der Waals surface area (Å²) in [7, 11) is 1.45. The smallest absolute Gasteiger partial charge is 0.305 e. The number of amidine groups is 1. The van der Waals surface area contributed by atoms with Gasteiger partial charge in [-0.3, -0.25) is 10.2 Å². The Hall–Kier alpha value is -2.37. The van der Waals surface area contributed by atoms with Gasteiger partial charge in [-0.2, -0.15) is 0 Å². The van der Waals surface area contributed by atoms with Gasteiger partial charge in [0.2, 0.25) is 0 Å². The molecule has 0 saturated carbocycles. The number of carbonyl (C=O) groups is 1. The lowest BCUT2D eigenvalue weighted by atomic mass is 10.0. The molecule has 6 heteroatoms. The summed E-state index contributed by atoms with van der Waals surface area (Å²) in [5.41, 5.74) is 9.84. The Kier molecular flexibility index (Phi) is 8.03. The summed E-state index contributed by atoms with van der Waals surface area (Å²) in [5, 5.41) is 7.46. The van der Waals surface area contributed by atoms with Gasteiger partial charge in [0.1, 0.15) is 5.84 Å². The molecule has 1 aliphatic heterocycles. The molecule has 1 fully saturated rings. The number of hydrogen-bond donors (Lipinski definition) is 2. The SMILES string of the molecule is COC(=O)CC1CCN(CCc2ccc(-c3ccc(C(=N)N)cc3)cc2)C1.Cl. The number of methoxy groups -OCH3 is 1. The maximum Gasteiger partial charge on any atom is 0.305 e. The first-order valence-corrected chi connectivity index (χ1v) is 9.38. The van der Waals surface area contributed by atoms with Crippen LogP contribution in [0.2, 0.25) is 0 Å². The van der Waals surface area contributed by atoms with E-state index >= 15 is 0 Å². The molecule has 28 heavy (non-hydrogen) atoms. The maximum atomic E-state index is 11.4. The molecular formula is C22H28ClN3O2. The standard InChI is InChI=1S/C22H27N3O2.ClH/c1-27-21(26)14-17-11-13-25(15-17)12-10-16-2-4-18(5-3-16)19-6-8-20(9-7-19)22(23)24;/h2-9,17H,10-15H2,1H3,(H3,23,24);1H. The first kappa shape index (κ1) is 21.9. The van der Waals surface area contributed by atoms with Crippen molar-refractivity contribution in [2.75, 3.05) is 26.7 Å². The Morgan fingerprint density at radius 2 is 1.75 bits per heavy atom. The van der Waals surface area contributed by atoms with Crippen molar-refractivity contribution in [3.63, 3.8) is 0 Å². The van der Waals surface area contributed by atoms with Gasteiger partial charge in [-0.1, -0.05) is 48.5 Å². The number of nitrogens with two attached hydrogens (primary N) is 1. The summed E-state index contributed by atoms with van der Waals surface area (Å²) in [6, 6.07) is 16.4. The topological polar surface area (TPSA) is 79.4 Å². The van der Waals surface area contributed by atoms with Crippen molar-refractivity contribution in [2.24, 2.45) is 11.7 Å². The van der Waals surface area contributed by atoms with Gasteiger partial charge in [-0.05, 0) is 42.0 Å². The number of hydrogen-bond acceptors (Lipinski definition) is 4. The van der Waals surface area contributed by atoms with Crippen molar-refractivity contribution in [1.29, 1.82) is 5.41 Å². The quantitative estimate of drug-likeness (QED) is 0.423. The summed E-state index contributed by atoms with van der Waals surface area (Å²) >= 11 is 0. The van der Waals surface area contributed by atoms with Crippen molar-refractivity contribution in [3.05, 3.63) is 59.7 Å². The van der Waals surface area contributed by atoms with Crippen molar-refractivity contribution in [3.8, 4) is 11.1 Å². The molecule has 0 spiro atoms. The second-order valence-corrected chi connectivity index (χ2v) is 7.17. The Bertz CT molecular complexity index is 790. The second kappa shape index (κ2) is 10.2. The average molecular weight is 402 g/mol. The highest BCUT2D eigenvalue weighted by Gasteiger charge is 2.24. The van der Waals surface area contributed by atoms with Crippen LogP contribution < -0.4 is 5.73 Å². The van der Waals surface area contributed by atoms with E-state index in [9.17, 15) is 4.79 Å². The van der Waals surface area contributed by atoms with Crippen LogP contribution in [0.3, 0.4) is 0 Å². The van der Waals surface area contributed by atoms with Crippen LogP contribution in [0.5, 0.6) is 0 Å². The fourth-order valence-corrected chi connectivity index (χ4v) is 3.59. The highest BCUT2D eigenvalue weighted by molar-refractivity contribution is 5.95. The number of nitrogen functional groups attached to an aromatic ring is 1. The third-order valence-corrected chi connectivity index (χ3v) is 5.25. The first-order valence-electron chi connectivity index (χ1n) is 9.38. The number of ether oxygens (including phenoxy) is 1. The summed E-state index contributed by atoms with van der Waals surface area (Å²) in [6.45, 7) is 3.06. The molecule has 1 saturated heterocycles. The van der Waals surface area contributed by atoms with E-state index in [1.807, 2.05) is 24.3 Å². The van der Waals surface area contributed by atoms with Crippen LogP contribution in [-0.4, -0.2) is 43.4 Å². The molecule has 2 aromatic carbocycles. The molecule has 0 bridgehead atoms. The summed E-state index contributed by atoms with van der Waals surface area (Å²) < 4.78 is 4.77. The zero-order valence-electron chi connectivity index (χ0n) is 16.2. The number of carbonyl (C=O) groups excluding carboxylic acids is 1. The number of likely N-dealkylation sites (tertiary alicyclic amines) is 1. The molecule has 1 aliphatic rings. The second-order valence-electron chi connectivity index (χ2n) is 7.17. The van der Waals surface area contributed by atoms with Crippen LogP contribution in [-0.2, 0) is 16.0 Å². The van der Waals surface area contributed by atoms with E-state index in [0.717, 1.165) is 49.2 Å². The zero-order valence-corrected chi connectivity index (χ0v) is 17.0. The van der Waals surface area contributed by atoms with Crippen molar-refractivity contribution in [1.82, 2.24) is 4.90 Å². The van der Waals surface area contributed by atoms with Crippen LogP contribution >= 0.6 is 12.4 Å². The third kappa shape index (κ3) is 5.81. The van der Waals surface area contributed by atoms with Gasteiger partial charge in [0, 0.05) is 25.1 Å². The normalized spacial score (nSPS) is 16.4. The summed E-state index contributed by atoms with van der Waals surface area (Å²) in [4.78, 5) is 13.8. The Labute approximate surface area is 172 Å². The summed E-state index contributed by atoms with van der Waals surface area (Å²) in [6.07, 6.45) is 2.61. The fourth-order valence-electron chi connectivity index (χ4n) is 3.59. The van der Waals surface area contributed by atoms with Gasteiger partial charge in [0.25, 0.3) is 0 Å². The number of nitrogens with zero attached hydrogens (tertiary/aromatic N) is 1. The van der Waals surface area contributed by atoms with E-state index < -0.39 is 0 Å². The molecule has 3 rings (SSSR count). The molecule has 1 atom stereocenters. The van der Waals surface area contributed by atoms with Crippen LogP contribution in [0.4, 0.5) is 0 Å². The van der Waals surface area contributed by atoms with Gasteiger partial charge in [0.05, 0.1) is 7.11 Å². The Morgan fingerprint density at radius 1 is 1.14 bits per heavy atom. The molecule has 5 nitrogen and oxygen atoms in total. The molecule has 0 radical (unpaired) electrons. The minimum Gasteiger partial charge on any atom is -0.469 e. The predicted molar refractivity (Wildman–Crippen MR) is 115 cm³/mol. The minimum atomic E-state index is -0.103. The minimum absolute atomic E-state index is 0. The molecule has 1 unspecified atom stereocenters. The van der Waals surface area contributed by atoms with Crippen LogP contribution in [0.1, 0.15) is 24.0 Å². The molecule has 0 aliphatic carbocycles. The third-order valence-electron chi connectivity index (χ3n) is 5.25. The molecule has 1 heterocycles. The van der Waals surface area contributed by atoms with Crippen molar-refractivity contribution in [2.45, 2.75) is 19.3 Å². The first-order chi connectivity index (χ1) is 13.0. The van der Waals surface area contributed by atoms with E-state index in [0.29, 0.717) is 12.3 Å². The average Bonchev–Trinajstić information content (AvgIpc) is 3.14. The number of benzene rings is 2. The summed E-state index contributed by atoms with van der Waals surface area (Å²) in [5.74, 6) is 0.416. The Balaban J connectivity index is 0.00000280. The van der Waals surface area contributed by atoms with E-state index in [4.69, 9.17) is 15.9 Å². The largest absolute Gasteiger partial charge is 0.469 e. The lowest BCUT2D eigenvalue weighted by molar-refractivity contribution is -0.141. The van der Waals surface area contributed by atoms with Crippen LogP contribution in [0.25, 0.3) is 11.1 Å². The molecule has 3 N–H and O–H groups in total. The van der Waals surface area contributed by atoms with Crippen molar-refractivity contribution >= 4 is 24.2 Å². The van der Waals surface area contributed by atoms with Crippen LogP contribution in [0, 0.1) is 11.3 Å². The highest BCUT2D eigenvalue weighted by Crippen LogP contribution is 2.22. The number of halogens is 1. The van der Waals surface area contributed by atoms with E-state index in [2.05, 4.69) is 29.2 Å². The van der Waals surface area contributed by atoms with E-state index in [1.54, 1.807) is 0 Å². The van der Waals surface area contributed by atoms with Gasteiger partial charge < -0.3 is 15.4 Å². The molecule has 2 aromatic rings. The van der Waals surface area contributed by atoms with Crippen molar-refractivity contribution < 1.29 is 9.53 Å². The fraction of sp³-hybridized carbons (Fsp3) is 0.364. The van der Waals surface area contributed by atoms with Gasteiger partial charge >= 0.3 is 5.97 Å². The van der Waals surface area contributed by atoms with Gasteiger partial charge in [0.15, 0.2) is 0 Å². The highest BCUT2D eigenvalue weighted by atomic mass is 35.5. The predicted octanol–water partition coefficient (Wildman–Crippen LogP) is 3.49. The van der Waals surface area contributed by atoms with E-state index in [-0.39, 0.29) is 24.2 Å². The molecule has 0 aromatic heterocycles. The molecule has 0 amide bonds. The monoisotopic (exact) mass is 401 g/mol. The number of nitrogens with one attached hydrogen (secondary N) is 1. The van der Waals surface area contributed by atoms with Crippen LogP contribution in [0.15, 0.2) is 48.5 Å². The lowest BCUT2D eigenvalue weighted by Gasteiger charge is -2.16. The maximum absolute atomic E-state index is 11.4. The lowest BCUT2D eigenvalue weighted by Crippen LogP contribution is -2.24. The van der Waals surface area contributed by atoms with Gasteiger partial charge in [-0.15, -0.1) is 12.4 Å². The number of esters is 1.